The first-order valence-electron chi connectivity index (χ1n) is 20.3. The molecular formula is C47H58N4O5. The lowest BCUT2D eigenvalue weighted by Gasteiger charge is -2.41. The van der Waals surface area contributed by atoms with Crippen molar-refractivity contribution in [3.63, 3.8) is 0 Å². The number of hydrogen-bond acceptors (Lipinski definition) is 7. The van der Waals surface area contributed by atoms with Gasteiger partial charge in [-0.2, -0.15) is 0 Å². The van der Waals surface area contributed by atoms with Gasteiger partial charge in [-0.3, -0.25) is 14.5 Å². The molecule has 2 aliphatic heterocycles. The van der Waals surface area contributed by atoms with Gasteiger partial charge in [-0.05, 0) is 89.0 Å². The molecule has 2 saturated heterocycles. The van der Waals surface area contributed by atoms with Crippen LogP contribution in [-0.4, -0.2) is 47.1 Å². The Labute approximate surface area is 332 Å². The Morgan fingerprint density at radius 1 is 0.821 bits per heavy atom. The summed E-state index contributed by atoms with van der Waals surface area (Å²) in [4.78, 5) is 27.6. The fourth-order valence-corrected chi connectivity index (χ4v) is 9.46. The number of hydrogen-bond donors (Lipinski definition) is 4. The zero-order valence-corrected chi connectivity index (χ0v) is 33.1. The van der Waals surface area contributed by atoms with Crippen LogP contribution in [0.3, 0.4) is 0 Å². The van der Waals surface area contributed by atoms with Crippen LogP contribution in [0.5, 0.6) is 0 Å². The van der Waals surface area contributed by atoms with E-state index in [2.05, 4.69) is 84.8 Å². The smallest absolute Gasteiger partial charge is 0.224 e. The summed E-state index contributed by atoms with van der Waals surface area (Å²) in [5.41, 5.74) is 13.9. The molecule has 0 spiro atoms. The third-order valence-corrected chi connectivity index (χ3v) is 11.8. The van der Waals surface area contributed by atoms with Gasteiger partial charge in [0, 0.05) is 50.5 Å². The summed E-state index contributed by atoms with van der Waals surface area (Å²) < 4.78 is 13.5. The van der Waals surface area contributed by atoms with Crippen molar-refractivity contribution in [1.29, 1.82) is 0 Å². The number of aliphatic hydroxyl groups is 1. The number of unbranched alkanes of at least 4 members (excludes halogenated alkanes) is 1. The molecule has 5 atom stereocenters. The number of nitrogens with two attached hydrogens (primary N) is 1. The molecule has 7 rings (SSSR count). The van der Waals surface area contributed by atoms with Crippen LogP contribution in [-0.2, 0) is 32.2 Å². The van der Waals surface area contributed by atoms with Gasteiger partial charge in [0.05, 0.1) is 30.2 Å². The number of nitrogen functional groups attached to an aromatic ring is 1. The molecule has 4 aromatic carbocycles. The van der Waals surface area contributed by atoms with Crippen molar-refractivity contribution in [3.05, 3.63) is 119 Å². The average molecular weight is 759 g/mol. The highest BCUT2D eigenvalue weighted by atomic mass is 16.7. The van der Waals surface area contributed by atoms with Crippen molar-refractivity contribution in [2.45, 2.75) is 110 Å². The number of nitrogens with zero attached hydrogens (tertiary/aromatic N) is 1. The minimum atomic E-state index is -0.502. The maximum atomic E-state index is 12.6. The Balaban J connectivity index is 0.946. The van der Waals surface area contributed by atoms with E-state index in [0.717, 1.165) is 52.9 Å². The highest BCUT2D eigenvalue weighted by Crippen LogP contribution is 2.53. The fraction of sp³-hybridized carbons (Fsp3) is 0.447. The molecule has 56 heavy (non-hydrogen) atoms. The number of rotatable bonds is 14. The predicted octanol–water partition coefficient (Wildman–Crippen LogP) is 8.69. The lowest BCUT2D eigenvalue weighted by Crippen LogP contribution is -2.42. The van der Waals surface area contributed by atoms with Crippen molar-refractivity contribution < 1.29 is 24.2 Å². The number of ether oxygens (including phenoxy) is 2. The van der Waals surface area contributed by atoms with Crippen LogP contribution in [0, 0.1) is 10.8 Å². The van der Waals surface area contributed by atoms with Crippen molar-refractivity contribution in [2.24, 2.45) is 10.8 Å². The summed E-state index contributed by atoms with van der Waals surface area (Å²) in [6.45, 7) is 9.77. The number of amides is 2. The summed E-state index contributed by atoms with van der Waals surface area (Å²) >= 11 is 0. The standard InChI is InChI=1S/C47H58N4O5/c1-46(2)25-38-26-47(3,30-46)31-51(38)28-39-24-42(35-17-15-32(29-52)16-18-35)56-45(55-39)36-21-19-34(20-22-36)37-10-8-9-33(23-37)27-49-43(53)13-6-7-14-44(54)50-41-12-5-4-11-40(41)48/h4-5,8-12,15-23,38-39,42,45,52H,6-7,13-14,24-31,48H2,1-3H3,(H,49,53)(H,50,54)/t38?,39-,42+,45+,47?/m1/s1. The summed E-state index contributed by atoms with van der Waals surface area (Å²) in [6.07, 6.45) is 5.87. The van der Waals surface area contributed by atoms with Crippen LogP contribution in [0.15, 0.2) is 97.1 Å². The maximum Gasteiger partial charge on any atom is 0.224 e. The molecule has 2 unspecified atom stereocenters. The Morgan fingerprint density at radius 2 is 1.55 bits per heavy atom. The minimum Gasteiger partial charge on any atom is -0.397 e. The number of carbonyl (C=O) groups is 2. The predicted molar refractivity (Wildman–Crippen MR) is 221 cm³/mol. The van der Waals surface area contributed by atoms with Crippen LogP contribution < -0.4 is 16.4 Å². The molecule has 0 radical (unpaired) electrons. The van der Waals surface area contributed by atoms with Crippen molar-refractivity contribution in [1.82, 2.24) is 10.2 Å². The average Bonchev–Trinajstić information content (AvgIpc) is 3.43. The van der Waals surface area contributed by atoms with E-state index in [9.17, 15) is 14.7 Å². The van der Waals surface area contributed by atoms with Crippen molar-refractivity contribution in [3.8, 4) is 11.1 Å². The van der Waals surface area contributed by atoms with Crippen LogP contribution in [0.4, 0.5) is 11.4 Å². The maximum absolute atomic E-state index is 12.6. The van der Waals surface area contributed by atoms with Crippen LogP contribution in [0.25, 0.3) is 11.1 Å². The normalized spacial score (nSPS) is 24.4. The van der Waals surface area contributed by atoms with Crippen LogP contribution >= 0.6 is 0 Å². The molecule has 2 heterocycles. The lowest BCUT2D eigenvalue weighted by atomic mass is 9.65. The first-order chi connectivity index (χ1) is 26.9. The summed E-state index contributed by atoms with van der Waals surface area (Å²) in [7, 11) is 0. The molecule has 5 N–H and O–H groups in total. The van der Waals surface area contributed by atoms with E-state index in [1.165, 1.54) is 19.3 Å². The molecule has 9 heteroatoms. The molecular weight excluding hydrogens is 701 g/mol. The minimum absolute atomic E-state index is 0.0189. The van der Waals surface area contributed by atoms with Gasteiger partial charge >= 0.3 is 0 Å². The fourth-order valence-electron chi connectivity index (χ4n) is 9.46. The van der Waals surface area contributed by atoms with Gasteiger partial charge in [0.2, 0.25) is 11.8 Å². The molecule has 0 aromatic heterocycles. The number of aliphatic hydroxyl groups excluding tert-OH is 1. The molecule has 1 aliphatic carbocycles. The second-order valence-electron chi connectivity index (χ2n) is 17.4. The highest BCUT2D eigenvalue weighted by Gasteiger charge is 2.50. The number of para-hydroxylation sites is 2. The van der Waals surface area contributed by atoms with Gasteiger partial charge in [0.15, 0.2) is 6.29 Å². The summed E-state index contributed by atoms with van der Waals surface area (Å²) in [5.74, 6) is -0.143. The number of benzene rings is 4. The first-order valence-corrected chi connectivity index (χ1v) is 20.3. The number of anilines is 2. The molecule has 3 aliphatic rings. The third kappa shape index (κ3) is 10.1. The van der Waals surface area contributed by atoms with Gasteiger partial charge in [0.1, 0.15) is 0 Å². The van der Waals surface area contributed by atoms with E-state index in [0.29, 0.717) is 60.5 Å². The number of fused-ring (bicyclic) bond motifs is 2. The zero-order chi connectivity index (χ0) is 39.3. The molecule has 2 amide bonds. The number of likely N-dealkylation sites (tertiary alicyclic amines) is 1. The van der Waals surface area contributed by atoms with Gasteiger partial charge in [-0.15, -0.1) is 0 Å². The molecule has 9 nitrogen and oxygen atoms in total. The van der Waals surface area contributed by atoms with E-state index < -0.39 is 6.29 Å². The summed E-state index contributed by atoms with van der Waals surface area (Å²) in [6, 6.07) is 32.5. The second kappa shape index (κ2) is 17.3. The Morgan fingerprint density at radius 3 is 2.30 bits per heavy atom. The first kappa shape index (κ1) is 39.7. The molecule has 4 aromatic rings. The Bertz CT molecular complexity index is 1960. The van der Waals surface area contributed by atoms with Gasteiger partial charge in [-0.1, -0.05) is 99.6 Å². The molecule has 296 valence electrons. The van der Waals surface area contributed by atoms with E-state index in [-0.39, 0.29) is 30.6 Å². The van der Waals surface area contributed by atoms with E-state index in [4.69, 9.17) is 15.2 Å². The van der Waals surface area contributed by atoms with E-state index in [1.54, 1.807) is 12.1 Å². The van der Waals surface area contributed by atoms with Gasteiger partial charge in [-0.25, -0.2) is 0 Å². The SMILES string of the molecule is CC1(C)CC2CC(C)(CN2C[C@H]2C[C@@H](c3ccc(CO)cc3)O[C@@H](c3ccc(-c4cccc(CNC(=O)CCCCC(=O)Nc5ccccc5N)c4)cc3)O2)C1. The highest BCUT2D eigenvalue weighted by molar-refractivity contribution is 5.93. The van der Waals surface area contributed by atoms with Gasteiger partial charge < -0.3 is 30.9 Å². The second-order valence-corrected chi connectivity index (χ2v) is 17.4. The molecule has 2 bridgehead atoms. The van der Waals surface area contributed by atoms with Crippen LogP contribution in [0.2, 0.25) is 0 Å². The van der Waals surface area contributed by atoms with Crippen molar-refractivity contribution >= 4 is 23.2 Å². The lowest BCUT2D eigenvalue weighted by molar-refractivity contribution is -0.253. The zero-order valence-electron chi connectivity index (χ0n) is 33.1. The molecule has 1 saturated carbocycles. The van der Waals surface area contributed by atoms with Crippen molar-refractivity contribution in [2.75, 3.05) is 24.1 Å². The van der Waals surface area contributed by atoms with E-state index in [1.807, 2.05) is 36.4 Å². The Hall–Kier alpha value is -4.54. The van der Waals surface area contributed by atoms with E-state index >= 15 is 0 Å². The molecule has 3 fully saturated rings. The summed E-state index contributed by atoms with van der Waals surface area (Å²) in [5, 5.41) is 15.5. The quantitative estimate of drug-likeness (QED) is 0.0749. The Kier molecular flexibility index (Phi) is 12.3. The number of carbonyl (C=O) groups excluding carboxylic acids is 2. The topological polar surface area (TPSA) is 126 Å². The van der Waals surface area contributed by atoms with Gasteiger partial charge in [0.25, 0.3) is 0 Å². The monoisotopic (exact) mass is 758 g/mol. The largest absolute Gasteiger partial charge is 0.397 e. The third-order valence-electron chi connectivity index (χ3n) is 11.8. The van der Waals surface area contributed by atoms with Crippen LogP contribution in [0.1, 0.15) is 107 Å². The number of nitrogens with one attached hydrogen (secondary N) is 2.